The van der Waals surface area contributed by atoms with E-state index in [1.54, 1.807) is 0 Å². The molecule has 0 aliphatic heterocycles. The second-order valence-electron chi connectivity index (χ2n) is 13.5. The van der Waals surface area contributed by atoms with Crippen molar-refractivity contribution in [1.29, 1.82) is 0 Å². The van der Waals surface area contributed by atoms with Crippen LogP contribution in [0.4, 0.5) is 0 Å². The zero-order valence-corrected chi connectivity index (χ0v) is 29.1. The van der Waals surface area contributed by atoms with Crippen molar-refractivity contribution in [3.8, 4) is 0 Å². The van der Waals surface area contributed by atoms with Gasteiger partial charge >= 0.3 is 0 Å². The smallest absolute Gasteiger partial charge is 0 e. The van der Waals surface area contributed by atoms with Crippen LogP contribution in [0.5, 0.6) is 0 Å². The van der Waals surface area contributed by atoms with Crippen LogP contribution in [0.1, 0.15) is 94.2 Å². The molecule has 2 rings (SSSR count). The van der Waals surface area contributed by atoms with Crippen LogP contribution >= 0.6 is 15.8 Å². The fourth-order valence-electron chi connectivity index (χ4n) is 4.82. The number of rotatable bonds is 6. The van der Waals surface area contributed by atoms with E-state index >= 15 is 0 Å². The third-order valence-corrected chi connectivity index (χ3v) is 13.7. The zero-order valence-electron chi connectivity index (χ0n) is 25.7. The van der Waals surface area contributed by atoms with E-state index in [1.807, 2.05) is 0 Å². The molecular formula is C34H54P2Pd. The Labute approximate surface area is 247 Å². The average Bonchev–Trinajstić information content (AvgIpc) is 2.73. The van der Waals surface area contributed by atoms with E-state index in [0.29, 0.717) is 20.6 Å². The molecule has 0 fully saturated rings. The first-order valence-corrected chi connectivity index (χ1v) is 16.5. The van der Waals surface area contributed by atoms with Crippen LogP contribution in [0.15, 0.2) is 72.8 Å². The van der Waals surface area contributed by atoms with E-state index < -0.39 is 0 Å². The molecule has 0 atom stereocenters. The van der Waals surface area contributed by atoms with Gasteiger partial charge in [-0.15, -0.1) is 0 Å². The van der Waals surface area contributed by atoms with Crippen molar-refractivity contribution in [3.05, 3.63) is 83.9 Å². The Hall–Kier alpha value is -0.558. The Morgan fingerprint density at radius 2 is 0.703 bits per heavy atom. The van der Waals surface area contributed by atoms with Crippen molar-refractivity contribution in [3.63, 3.8) is 0 Å². The van der Waals surface area contributed by atoms with Crippen molar-refractivity contribution >= 4 is 28.0 Å². The van der Waals surface area contributed by atoms with E-state index in [9.17, 15) is 0 Å². The maximum absolute atomic E-state index is 2.38. The fraction of sp³-hybridized carbons (Fsp3) is 0.529. The van der Waals surface area contributed by atoms with E-state index in [1.165, 1.54) is 23.5 Å². The number of hydrogen-bond acceptors (Lipinski definition) is 0. The molecule has 0 saturated carbocycles. The van der Waals surface area contributed by atoms with E-state index in [2.05, 4.69) is 168 Å². The Bertz CT molecular complexity index is 811. The number of hydrogen-bond donors (Lipinski definition) is 0. The monoisotopic (exact) mass is 630 g/mol. The van der Waals surface area contributed by atoms with E-state index in [0.717, 1.165) is 0 Å². The van der Waals surface area contributed by atoms with Gasteiger partial charge < -0.3 is 0 Å². The molecular weight excluding hydrogens is 577 g/mol. The van der Waals surface area contributed by atoms with Crippen LogP contribution in [0.25, 0.3) is 12.2 Å². The molecule has 0 N–H and O–H groups in total. The van der Waals surface area contributed by atoms with Crippen LogP contribution in [0.2, 0.25) is 0 Å². The Morgan fingerprint density at radius 1 is 0.459 bits per heavy atom. The minimum absolute atomic E-state index is 0. The molecule has 0 amide bonds. The van der Waals surface area contributed by atoms with Gasteiger partial charge in [-0.1, -0.05) is 184 Å². The first-order valence-electron chi connectivity index (χ1n) is 13.4. The second kappa shape index (κ2) is 15.9. The molecule has 0 unspecified atom stereocenters. The molecule has 0 spiro atoms. The molecule has 0 bridgehead atoms. The topological polar surface area (TPSA) is 0 Å². The van der Waals surface area contributed by atoms with Crippen molar-refractivity contribution in [2.75, 3.05) is 12.3 Å². The molecule has 0 nitrogen and oxygen atoms in total. The van der Waals surface area contributed by atoms with Gasteiger partial charge in [-0.3, -0.25) is 0 Å². The molecule has 0 heterocycles. The third-order valence-electron chi connectivity index (χ3n) is 6.03. The summed E-state index contributed by atoms with van der Waals surface area (Å²) >= 11 is 0. The summed E-state index contributed by atoms with van der Waals surface area (Å²) in [6, 6.07) is 21.1. The summed E-state index contributed by atoms with van der Waals surface area (Å²) in [5.41, 5.74) is 2.60. The summed E-state index contributed by atoms with van der Waals surface area (Å²) < 4.78 is 0. The predicted octanol–water partition coefficient (Wildman–Crippen LogP) is 11.6. The van der Waals surface area contributed by atoms with E-state index in [-0.39, 0.29) is 36.3 Å². The minimum atomic E-state index is -0.0258. The predicted molar refractivity (Wildman–Crippen MR) is 174 cm³/mol. The van der Waals surface area contributed by atoms with Gasteiger partial charge in [0.1, 0.15) is 0 Å². The van der Waals surface area contributed by atoms with Gasteiger partial charge in [0.25, 0.3) is 0 Å². The molecule has 3 heteroatoms. The maximum Gasteiger partial charge on any atom is 0 e. The van der Waals surface area contributed by atoms with Gasteiger partial charge in [0.15, 0.2) is 0 Å². The van der Waals surface area contributed by atoms with Crippen LogP contribution in [-0.2, 0) is 20.4 Å². The average molecular weight is 631 g/mol. The molecule has 0 radical (unpaired) electrons. The molecule has 210 valence electrons. The van der Waals surface area contributed by atoms with Crippen molar-refractivity contribution < 1.29 is 20.4 Å². The van der Waals surface area contributed by atoms with Crippen molar-refractivity contribution in [1.82, 2.24) is 0 Å². The van der Waals surface area contributed by atoms with Gasteiger partial charge in [-0.05, 0) is 44.1 Å². The summed E-state index contributed by atoms with van der Waals surface area (Å²) in [5, 5.41) is 1.65. The Balaban J connectivity index is 0.000000682. The largest absolute Gasteiger partial charge is 0.0918 e. The first-order chi connectivity index (χ1) is 16.4. The van der Waals surface area contributed by atoms with Crippen LogP contribution < -0.4 is 0 Å². The van der Waals surface area contributed by atoms with Crippen LogP contribution in [0, 0.1) is 0 Å². The maximum atomic E-state index is 2.38. The summed E-state index contributed by atoms with van der Waals surface area (Å²) in [4.78, 5) is 0. The molecule has 0 saturated heterocycles. The molecule has 37 heavy (non-hydrogen) atoms. The molecule has 0 aliphatic rings. The Kier molecular flexibility index (Phi) is 15.6. The van der Waals surface area contributed by atoms with Gasteiger partial charge in [0.2, 0.25) is 0 Å². The molecule has 2 aromatic rings. The van der Waals surface area contributed by atoms with Crippen molar-refractivity contribution in [2.24, 2.45) is 0 Å². The third kappa shape index (κ3) is 15.0. The first kappa shape index (κ1) is 36.4. The quantitative estimate of drug-likeness (QED) is 0.220. The second-order valence-corrected chi connectivity index (χ2v) is 21.3. The zero-order chi connectivity index (χ0) is 27.6. The number of benzene rings is 2. The van der Waals surface area contributed by atoms with Gasteiger partial charge in [0, 0.05) is 20.4 Å². The molecule has 0 aromatic heterocycles. The Morgan fingerprint density at radius 3 is 0.919 bits per heavy atom. The summed E-state index contributed by atoms with van der Waals surface area (Å²) in [7, 11) is -0.0516. The summed E-state index contributed by atoms with van der Waals surface area (Å²) in [6.45, 7) is 28.5. The van der Waals surface area contributed by atoms with E-state index in [4.69, 9.17) is 0 Å². The molecule has 0 aliphatic carbocycles. The van der Waals surface area contributed by atoms with Gasteiger partial charge in [0.05, 0.1) is 0 Å². The van der Waals surface area contributed by atoms with Gasteiger partial charge in [-0.25, -0.2) is 0 Å². The number of allylic oxidation sites excluding steroid dienone is 2. The molecule has 2 aromatic carbocycles. The summed E-state index contributed by atoms with van der Waals surface area (Å²) in [6.07, 6.45) is 11.6. The van der Waals surface area contributed by atoms with Crippen LogP contribution in [0.3, 0.4) is 0 Å². The fourth-order valence-corrected chi connectivity index (χ4v) is 11.7. The standard InChI is InChI=1S/2C17H27P.Pd/c2*1-16(2,3)18(17(4,5)6)14-10-13-15-11-8-7-9-12-15;/h2*7-13H,14H2,1-6H3;. The SMILES string of the molecule is CC(C)(C)P(CC=Cc1ccccc1)C(C)(C)C.CC(C)(C)P(CC=Cc1ccccc1)C(C)(C)C.[Pd]. The van der Waals surface area contributed by atoms with Gasteiger partial charge in [-0.2, -0.15) is 0 Å². The minimum Gasteiger partial charge on any atom is -0.0918 e. The normalized spacial score (nSPS) is 13.1. The van der Waals surface area contributed by atoms with Crippen LogP contribution in [-0.4, -0.2) is 32.9 Å². The summed E-state index contributed by atoms with van der Waals surface area (Å²) in [5.74, 6) is 0. The van der Waals surface area contributed by atoms with Crippen molar-refractivity contribution in [2.45, 2.75) is 104 Å².